The van der Waals surface area contributed by atoms with Crippen LogP contribution in [0.25, 0.3) is 5.57 Å². The van der Waals surface area contributed by atoms with Gasteiger partial charge in [-0.1, -0.05) is 29.3 Å². The number of likely N-dealkylation sites (N-methyl/N-ethyl adjacent to an activating group) is 1. The number of anilines is 1. The average Bonchev–Trinajstić information content (AvgIpc) is 2.60. The molecular formula is C22H24Cl2N2O. The third-order valence-corrected chi connectivity index (χ3v) is 5.46. The van der Waals surface area contributed by atoms with Crippen molar-refractivity contribution in [2.45, 2.75) is 33.2 Å². The van der Waals surface area contributed by atoms with E-state index in [1.807, 2.05) is 6.07 Å². The highest BCUT2D eigenvalue weighted by molar-refractivity contribution is 6.33. The van der Waals surface area contributed by atoms with E-state index in [9.17, 15) is 0 Å². The summed E-state index contributed by atoms with van der Waals surface area (Å²) < 4.78 is 5.36. The Labute approximate surface area is 171 Å². The van der Waals surface area contributed by atoms with E-state index in [2.05, 4.69) is 49.7 Å². The lowest BCUT2D eigenvalue weighted by molar-refractivity contribution is 0.416. The summed E-state index contributed by atoms with van der Waals surface area (Å²) in [6.45, 7) is 9.65. The molecule has 3 rings (SSSR count). The van der Waals surface area contributed by atoms with Crippen molar-refractivity contribution in [1.82, 2.24) is 0 Å². The second-order valence-corrected chi connectivity index (χ2v) is 8.03. The highest BCUT2D eigenvalue weighted by atomic mass is 35.5. The number of rotatable bonds is 4. The van der Waals surface area contributed by atoms with Gasteiger partial charge in [-0.3, -0.25) is 4.99 Å². The number of methoxy groups -OCH3 is 1. The van der Waals surface area contributed by atoms with Crippen molar-refractivity contribution in [2.75, 3.05) is 18.6 Å². The maximum atomic E-state index is 6.60. The van der Waals surface area contributed by atoms with Crippen LogP contribution in [-0.4, -0.2) is 25.4 Å². The molecule has 0 fully saturated rings. The molecule has 0 bridgehead atoms. The molecule has 27 heavy (non-hydrogen) atoms. The van der Waals surface area contributed by atoms with Crippen LogP contribution in [0, 0.1) is 0 Å². The molecule has 142 valence electrons. The third-order valence-electron chi connectivity index (χ3n) is 4.90. The largest absolute Gasteiger partial charge is 0.494 e. The number of aliphatic imine (C=N–C) groups is 1. The van der Waals surface area contributed by atoms with Gasteiger partial charge >= 0.3 is 0 Å². The standard InChI is InChI=1S/C22H24Cl2N2O/c1-6-26-20-11-18(24)15(9-17(20)14(2)12-22(26,3)4)13-25-19-10-16(23)7-8-21(19)27-5/h7-13H,6H2,1-5H3. The lowest BCUT2D eigenvalue weighted by atomic mass is 9.88. The first-order valence-corrected chi connectivity index (χ1v) is 9.71. The number of ether oxygens (including phenoxy) is 1. The van der Waals surface area contributed by atoms with Crippen molar-refractivity contribution in [2.24, 2.45) is 4.99 Å². The van der Waals surface area contributed by atoms with Gasteiger partial charge in [-0.2, -0.15) is 0 Å². The van der Waals surface area contributed by atoms with Crippen LogP contribution < -0.4 is 9.64 Å². The van der Waals surface area contributed by atoms with Crippen LogP contribution in [0.5, 0.6) is 5.75 Å². The SMILES string of the molecule is CCN1c2cc(Cl)c(C=Nc3cc(Cl)ccc3OC)cc2C(C)=CC1(C)C. The molecule has 0 amide bonds. The lowest BCUT2D eigenvalue weighted by Gasteiger charge is -2.43. The fourth-order valence-electron chi connectivity index (χ4n) is 3.69. The molecule has 0 spiro atoms. The van der Waals surface area contributed by atoms with Crippen molar-refractivity contribution in [3.05, 3.63) is 57.6 Å². The number of hydrogen-bond donors (Lipinski definition) is 0. The number of nitrogens with zero attached hydrogens (tertiary/aromatic N) is 2. The minimum atomic E-state index is -0.0427. The predicted molar refractivity (Wildman–Crippen MR) is 117 cm³/mol. The van der Waals surface area contributed by atoms with Gasteiger partial charge < -0.3 is 9.64 Å². The van der Waals surface area contributed by atoms with E-state index in [0.717, 1.165) is 17.8 Å². The summed E-state index contributed by atoms with van der Waals surface area (Å²) in [6.07, 6.45) is 4.06. The Kier molecular flexibility index (Phi) is 5.55. The van der Waals surface area contributed by atoms with Crippen LogP contribution in [0.4, 0.5) is 11.4 Å². The van der Waals surface area contributed by atoms with E-state index in [1.165, 1.54) is 11.1 Å². The van der Waals surface area contributed by atoms with Gasteiger partial charge in [0, 0.05) is 34.6 Å². The Morgan fingerprint density at radius 3 is 2.59 bits per heavy atom. The molecule has 2 aromatic carbocycles. The van der Waals surface area contributed by atoms with Crippen LogP contribution in [0.15, 0.2) is 41.4 Å². The fraction of sp³-hybridized carbons (Fsp3) is 0.318. The summed E-state index contributed by atoms with van der Waals surface area (Å²) in [7, 11) is 1.61. The van der Waals surface area contributed by atoms with Gasteiger partial charge in [0.25, 0.3) is 0 Å². The second kappa shape index (κ2) is 7.57. The molecule has 0 unspecified atom stereocenters. The molecule has 0 saturated heterocycles. The van der Waals surface area contributed by atoms with Gasteiger partial charge in [0.1, 0.15) is 11.4 Å². The molecule has 0 aromatic heterocycles. The van der Waals surface area contributed by atoms with E-state index < -0.39 is 0 Å². The predicted octanol–water partition coefficient (Wildman–Crippen LogP) is 6.77. The third kappa shape index (κ3) is 3.85. The lowest BCUT2D eigenvalue weighted by Crippen LogP contribution is -2.44. The van der Waals surface area contributed by atoms with Crippen molar-refractivity contribution in [1.29, 1.82) is 0 Å². The minimum Gasteiger partial charge on any atom is -0.494 e. The zero-order chi connectivity index (χ0) is 19.8. The van der Waals surface area contributed by atoms with Crippen LogP contribution in [0.1, 0.15) is 38.8 Å². The molecule has 0 aliphatic carbocycles. The summed E-state index contributed by atoms with van der Waals surface area (Å²) in [5, 5.41) is 1.28. The fourth-order valence-corrected chi connectivity index (χ4v) is 4.07. The molecule has 0 radical (unpaired) electrons. The first-order chi connectivity index (χ1) is 12.8. The van der Waals surface area contributed by atoms with E-state index >= 15 is 0 Å². The van der Waals surface area contributed by atoms with Gasteiger partial charge in [0.15, 0.2) is 0 Å². The van der Waals surface area contributed by atoms with Crippen LogP contribution >= 0.6 is 23.2 Å². The second-order valence-electron chi connectivity index (χ2n) is 7.19. The summed E-state index contributed by atoms with van der Waals surface area (Å²) >= 11 is 12.7. The van der Waals surface area contributed by atoms with Crippen LogP contribution in [0.3, 0.4) is 0 Å². The van der Waals surface area contributed by atoms with Crippen molar-refractivity contribution < 1.29 is 4.74 Å². The van der Waals surface area contributed by atoms with Gasteiger partial charge in [-0.25, -0.2) is 0 Å². The Morgan fingerprint density at radius 2 is 1.93 bits per heavy atom. The van der Waals surface area contributed by atoms with E-state index in [4.69, 9.17) is 27.9 Å². The number of benzene rings is 2. The number of halogens is 2. The topological polar surface area (TPSA) is 24.8 Å². The normalized spacial score (nSPS) is 15.7. The first-order valence-electron chi connectivity index (χ1n) is 8.95. The van der Waals surface area contributed by atoms with E-state index in [0.29, 0.717) is 21.5 Å². The molecular weight excluding hydrogens is 379 g/mol. The molecule has 1 aliphatic rings. The molecule has 0 atom stereocenters. The summed E-state index contributed by atoms with van der Waals surface area (Å²) in [5.74, 6) is 0.666. The minimum absolute atomic E-state index is 0.0427. The van der Waals surface area contributed by atoms with Crippen molar-refractivity contribution in [3.8, 4) is 5.75 Å². The Hall–Kier alpha value is -1.97. The van der Waals surface area contributed by atoms with Gasteiger partial charge in [-0.15, -0.1) is 0 Å². The van der Waals surface area contributed by atoms with Gasteiger partial charge in [-0.05, 0) is 63.6 Å². The highest BCUT2D eigenvalue weighted by Gasteiger charge is 2.30. The number of fused-ring (bicyclic) bond motifs is 1. The number of hydrogen-bond acceptors (Lipinski definition) is 3. The molecule has 0 saturated carbocycles. The van der Waals surface area contributed by atoms with E-state index in [-0.39, 0.29) is 5.54 Å². The monoisotopic (exact) mass is 402 g/mol. The smallest absolute Gasteiger partial charge is 0.144 e. The highest BCUT2D eigenvalue weighted by Crippen LogP contribution is 2.41. The van der Waals surface area contributed by atoms with Crippen molar-refractivity contribution in [3.63, 3.8) is 0 Å². The summed E-state index contributed by atoms with van der Waals surface area (Å²) in [4.78, 5) is 6.92. The number of allylic oxidation sites excluding steroid dienone is 1. The molecule has 2 aromatic rings. The molecule has 3 nitrogen and oxygen atoms in total. The molecule has 1 heterocycles. The zero-order valence-electron chi connectivity index (χ0n) is 16.3. The molecule has 5 heteroatoms. The first kappa shape index (κ1) is 19.8. The molecule has 0 N–H and O–H groups in total. The maximum Gasteiger partial charge on any atom is 0.144 e. The van der Waals surface area contributed by atoms with E-state index in [1.54, 1.807) is 31.5 Å². The average molecular weight is 403 g/mol. The maximum absolute atomic E-state index is 6.60. The summed E-state index contributed by atoms with van der Waals surface area (Å²) in [5.41, 5.74) is 5.07. The van der Waals surface area contributed by atoms with Crippen LogP contribution in [0.2, 0.25) is 10.0 Å². The Bertz CT molecular complexity index is 932. The summed E-state index contributed by atoms with van der Waals surface area (Å²) in [6, 6.07) is 9.49. The van der Waals surface area contributed by atoms with Crippen molar-refractivity contribution >= 4 is 46.4 Å². The quantitative estimate of drug-likeness (QED) is 0.526. The zero-order valence-corrected chi connectivity index (χ0v) is 17.8. The van der Waals surface area contributed by atoms with Gasteiger partial charge in [0.2, 0.25) is 0 Å². The van der Waals surface area contributed by atoms with Crippen LogP contribution in [-0.2, 0) is 0 Å². The Morgan fingerprint density at radius 1 is 1.19 bits per heavy atom. The van der Waals surface area contributed by atoms with Gasteiger partial charge in [0.05, 0.1) is 17.7 Å². The Balaban J connectivity index is 2.05. The molecule has 1 aliphatic heterocycles.